The molecule has 98 valence electrons. The van der Waals surface area contributed by atoms with E-state index in [-0.39, 0.29) is 24.7 Å². The summed E-state index contributed by atoms with van der Waals surface area (Å²) in [5.74, 6) is 0.0515. The molecule has 0 spiro atoms. The number of hydrogen-bond acceptors (Lipinski definition) is 3. The number of aromatic hydroxyl groups is 1. The Hall–Kier alpha value is -0.980. The Morgan fingerprint density at radius 3 is 2.47 bits per heavy atom. The van der Waals surface area contributed by atoms with Gasteiger partial charge < -0.3 is 15.5 Å². The van der Waals surface area contributed by atoms with Gasteiger partial charge in [-0.25, -0.2) is 0 Å². The molecule has 0 aliphatic carbocycles. The van der Waals surface area contributed by atoms with Crippen LogP contribution in [-0.4, -0.2) is 29.0 Å². The Kier molecular flexibility index (Phi) is 6.30. The van der Waals surface area contributed by atoms with Crippen LogP contribution in [0.5, 0.6) is 5.75 Å². The molecule has 1 unspecified atom stereocenters. The second kappa shape index (κ2) is 6.68. The maximum atomic E-state index is 11.9. The number of aliphatic hydroxyl groups excluding tert-OH is 1. The molecular formula is C10H13ClF3NO2. The third-order valence-electron chi connectivity index (χ3n) is 1.96. The maximum absolute atomic E-state index is 11.9. The van der Waals surface area contributed by atoms with Crippen LogP contribution in [0.2, 0.25) is 0 Å². The Balaban J connectivity index is 0.00000256. The second-order valence-corrected chi connectivity index (χ2v) is 3.36. The fraction of sp³-hybridized carbons (Fsp3) is 0.400. The molecule has 1 rings (SSSR count). The zero-order chi connectivity index (χ0) is 12.2. The summed E-state index contributed by atoms with van der Waals surface area (Å²) in [6, 6.07) is 6.15. The summed E-state index contributed by atoms with van der Waals surface area (Å²) < 4.78 is 35.7. The van der Waals surface area contributed by atoms with Crippen LogP contribution in [-0.2, 0) is 6.54 Å². The van der Waals surface area contributed by atoms with E-state index in [9.17, 15) is 13.2 Å². The van der Waals surface area contributed by atoms with Crippen molar-refractivity contribution < 1.29 is 23.4 Å². The van der Waals surface area contributed by atoms with Gasteiger partial charge in [0.25, 0.3) is 0 Å². The highest BCUT2D eigenvalue weighted by atomic mass is 35.5. The first kappa shape index (κ1) is 16.0. The molecule has 0 saturated heterocycles. The molecule has 3 nitrogen and oxygen atoms in total. The van der Waals surface area contributed by atoms with Crippen molar-refractivity contribution in [2.75, 3.05) is 6.54 Å². The van der Waals surface area contributed by atoms with E-state index in [0.29, 0.717) is 5.56 Å². The Bertz CT molecular complexity index is 347. The lowest BCUT2D eigenvalue weighted by atomic mass is 10.2. The van der Waals surface area contributed by atoms with E-state index in [1.54, 1.807) is 12.1 Å². The fourth-order valence-corrected chi connectivity index (χ4v) is 1.14. The number of alkyl halides is 3. The lowest BCUT2D eigenvalue weighted by molar-refractivity contribution is -0.201. The van der Waals surface area contributed by atoms with Gasteiger partial charge in [-0.2, -0.15) is 13.2 Å². The van der Waals surface area contributed by atoms with Crippen molar-refractivity contribution in [2.45, 2.75) is 18.8 Å². The molecule has 3 N–H and O–H groups in total. The van der Waals surface area contributed by atoms with Gasteiger partial charge in [0.15, 0.2) is 6.10 Å². The van der Waals surface area contributed by atoms with Gasteiger partial charge in [0.05, 0.1) is 0 Å². The van der Waals surface area contributed by atoms with Crippen LogP contribution < -0.4 is 5.32 Å². The van der Waals surface area contributed by atoms with E-state index in [1.807, 2.05) is 0 Å². The van der Waals surface area contributed by atoms with Crippen LogP contribution in [0.25, 0.3) is 0 Å². The number of phenols is 1. The minimum atomic E-state index is -4.61. The largest absolute Gasteiger partial charge is 0.508 e. The summed E-state index contributed by atoms with van der Waals surface area (Å²) in [5.41, 5.74) is 0.648. The van der Waals surface area contributed by atoms with Gasteiger partial charge >= 0.3 is 6.18 Å². The predicted molar refractivity (Wildman–Crippen MR) is 59.1 cm³/mol. The summed E-state index contributed by atoms with van der Waals surface area (Å²) in [6.07, 6.45) is -6.98. The van der Waals surface area contributed by atoms with Gasteiger partial charge in [-0.3, -0.25) is 0 Å². The average molecular weight is 272 g/mol. The molecule has 0 aliphatic heterocycles. The zero-order valence-electron chi connectivity index (χ0n) is 8.74. The van der Waals surface area contributed by atoms with Crippen molar-refractivity contribution in [1.82, 2.24) is 5.32 Å². The molecule has 0 amide bonds. The first-order valence-electron chi connectivity index (χ1n) is 4.63. The molecular weight excluding hydrogens is 259 g/mol. The standard InChI is InChI=1S/C10H12F3NO2.ClH/c11-10(12,13)9(16)6-14-5-7-2-1-3-8(15)4-7;/h1-4,9,14-16H,5-6H2;1H. The monoisotopic (exact) mass is 271 g/mol. The molecule has 1 aromatic carbocycles. The number of phenolic OH excluding ortho intramolecular Hbond substituents is 1. The third kappa shape index (κ3) is 5.76. The van der Waals surface area contributed by atoms with Crippen molar-refractivity contribution >= 4 is 12.4 Å². The van der Waals surface area contributed by atoms with Crippen molar-refractivity contribution in [3.05, 3.63) is 29.8 Å². The molecule has 0 heterocycles. The zero-order valence-corrected chi connectivity index (χ0v) is 9.55. The molecule has 0 bridgehead atoms. The molecule has 0 fully saturated rings. The number of hydrogen-bond donors (Lipinski definition) is 3. The summed E-state index contributed by atoms with van der Waals surface area (Å²) in [5, 5.41) is 20.2. The quantitative estimate of drug-likeness (QED) is 0.783. The number of halogens is 4. The highest BCUT2D eigenvalue weighted by molar-refractivity contribution is 5.85. The molecule has 1 aromatic rings. The number of benzene rings is 1. The maximum Gasteiger partial charge on any atom is 0.415 e. The van der Waals surface area contributed by atoms with Crippen LogP contribution >= 0.6 is 12.4 Å². The van der Waals surface area contributed by atoms with Crippen LogP contribution in [0.1, 0.15) is 5.56 Å². The first-order valence-corrected chi connectivity index (χ1v) is 4.63. The lowest BCUT2D eigenvalue weighted by Crippen LogP contribution is -2.38. The van der Waals surface area contributed by atoms with Gasteiger partial charge in [-0.05, 0) is 17.7 Å². The molecule has 1 atom stereocenters. The Labute approximate surface area is 103 Å². The molecule has 7 heteroatoms. The van der Waals surface area contributed by atoms with E-state index in [0.717, 1.165) is 0 Å². The topological polar surface area (TPSA) is 52.5 Å². The van der Waals surface area contributed by atoms with E-state index in [2.05, 4.69) is 5.32 Å². The highest BCUT2D eigenvalue weighted by Crippen LogP contribution is 2.19. The summed E-state index contributed by atoms with van der Waals surface area (Å²) >= 11 is 0. The van der Waals surface area contributed by atoms with E-state index in [4.69, 9.17) is 10.2 Å². The second-order valence-electron chi connectivity index (χ2n) is 3.36. The fourth-order valence-electron chi connectivity index (χ4n) is 1.14. The minimum absolute atomic E-state index is 0. The van der Waals surface area contributed by atoms with E-state index in [1.165, 1.54) is 12.1 Å². The van der Waals surface area contributed by atoms with Gasteiger partial charge in [0.2, 0.25) is 0 Å². The molecule has 0 radical (unpaired) electrons. The summed E-state index contributed by atoms with van der Waals surface area (Å²) in [4.78, 5) is 0. The predicted octanol–water partition coefficient (Wildman–Crippen LogP) is 1.83. The van der Waals surface area contributed by atoms with Gasteiger partial charge in [-0.1, -0.05) is 12.1 Å². The van der Waals surface area contributed by atoms with Crippen molar-refractivity contribution in [2.24, 2.45) is 0 Å². The van der Waals surface area contributed by atoms with E-state index < -0.39 is 18.8 Å². The average Bonchev–Trinajstić information content (AvgIpc) is 2.16. The van der Waals surface area contributed by atoms with Gasteiger partial charge in [0, 0.05) is 13.1 Å². The first-order chi connectivity index (χ1) is 7.39. The molecule has 0 saturated carbocycles. The molecule has 0 aliphatic rings. The van der Waals surface area contributed by atoms with Crippen LogP contribution in [0.15, 0.2) is 24.3 Å². The Morgan fingerprint density at radius 2 is 1.94 bits per heavy atom. The van der Waals surface area contributed by atoms with Gasteiger partial charge in [0.1, 0.15) is 5.75 Å². The van der Waals surface area contributed by atoms with Crippen LogP contribution in [0.4, 0.5) is 13.2 Å². The smallest absolute Gasteiger partial charge is 0.415 e. The SMILES string of the molecule is Cl.Oc1cccc(CNCC(O)C(F)(F)F)c1. The number of aliphatic hydroxyl groups is 1. The minimum Gasteiger partial charge on any atom is -0.508 e. The molecule has 17 heavy (non-hydrogen) atoms. The van der Waals surface area contributed by atoms with Crippen LogP contribution in [0.3, 0.4) is 0 Å². The lowest BCUT2D eigenvalue weighted by Gasteiger charge is -2.15. The van der Waals surface area contributed by atoms with E-state index >= 15 is 0 Å². The van der Waals surface area contributed by atoms with Crippen LogP contribution in [0, 0.1) is 0 Å². The number of rotatable bonds is 4. The molecule has 0 aromatic heterocycles. The van der Waals surface area contributed by atoms with Crippen molar-refractivity contribution in [3.8, 4) is 5.75 Å². The number of nitrogens with one attached hydrogen (secondary N) is 1. The van der Waals surface area contributed by atoms with Crippen molar-refractivity contribution in [1.29, 1.82) is 0 Å². The van der Waals surface area contributed by atoms with Crippen molar-refractivity contribution in [3.63, 3.8) is 0 Å². The summed E-state index contributed by atoms with van der Waals surface area (Å²) in [6.45, 7) is -0.416. The normalized spacial score (nSPS) is 12.9. The highest BCUT2D eigenvalue weighted by Gasteiger charge is 2.37. The Morgan fingerprint density at radius 1 is 1.29 bits per heavy atom. The third-order valence-corrected chi connectivity index (χ3v) is 1.96. The summed E-state index contributed by atoms with van der Waals surface area (Å²) in [7, 11) is 0. The van der Waals surface area contributed by atoms with Gasteiger partial charge in [-0.15, -0.1) is 12.4 Å².